The summed E-state index contributed by atoms with van der Waals surface area (Å²) >= 11 is 0. The molecule has 74 valence electrons. The van der Waals surface area contributed by atoms with Crippen LogP contribution in [0.3, 0.4) is 0 Å². The predicted octanol–water partition coefficient (Wildman–Crippen LogP) is 3.08. The largest absolute Gasteiger partial charge is 0.253 e. The zero-order chi connectivity index (χ0) is 10.5. The molecule has 0 atom stereocenters. The van der Waals surface area contributed by atoms with Gasteiger partial charge in [-0.15, -0.1) is 0 Å². The van der Waals surface area contributed by atoms with E-state index in [4.69, 9.17) is 5.26 Å². The Morgan fingerprint density at radius 1 is 1.13 bits per heavy atom. The van der Waals surface area contributed by atoms with Crippen molar-refractivity contribution in [2.24, 2.45) is 0 Å². The third kappa shape index (κ3) is 2.32. The summed E-state index contributed by atoms with van der Waals surface area (Å²) in [6.07, 6.45) is 2.38. The minimum atomic E-state index is 0.606. The van der Waals surface area contributed by atoms with Crippen LogP contribution < -0.4 is 0 Å². The highest BCUT2D eigenvalue weighted by Gasteiger charge is 1.97. The molecule has 2 heteroatoms. The number of aryl methyl sites for hydroxylation is 1. The van der Waals surface area contributed by atoms with Gasteiger partial charge in [0.05, 0.1) is 11.6 Å². The minimum Gasteiger partial charge on any atom is -0.253 e. The average molecular weight is 196 g/mol. The van der Waals surface area contributed by atoms with Crippen LogP contribution in [0.4, 0.5) is 0 Å². The van der Waals surface area contributed by atoms with E-state index in [1.54, 1.807) is 0 Å². The first kappa shape index (κ1) is 9.67. The van der Waals surface area contributed by atoms with E-state index in [-0.39, 0.29) is 0 Å². The van der Waals surface area contributed by atoms with E-state index in [1.807, 2.05) is 24.3 Å². The number of unbranched alkanes of at least 4 members (excludes halogenated alkanes) is 1. The van der Waals surface area contributed by atoms with Gasteiger partial charge in [-0.2, -0.15) is 5.26 Å². The molecule has 0 radical (unpaired) electrons. The smallest absolute Gasteiger partial charge is 0.0705 e. The Morgan fingerprint density at radius 3 is 2.87 bits per heavy atom. The van der Waals surface area contributed by atoms with Crippen molar-refractivity contribution < 1.29 is 0 Å². The molecule has 1 aromatic heterocycles. The Balaban J connectivity index is 2.20. The zero-order valence-corrected chi connectivity index (χ0v) is 8.48. The third-order valence-electron chi connectivity index (χ3n) is 2.38. The van der Waals surface area contributed by atoms with Crippen LogP contribution in [0.5, 0.6) is 0 Å². The lowest BCUT2D eigenvalue weighted by Gasteiger charge is -2.01. The molecule has 0 bridgehead atoms. The quantitative estimate of drug-likeness (QED) is 0.707. The molecule has 2 nitrogen and oxygen atoms in total. The van der Waals surface area contributed by atoms with Crippen molar-refractivity contribution in [3.63, 3.8) is 0 Å². The van der Waals surface area contributed by atoms with E-state index in [0.717, 1.165) is 24.1 Å². The molecule has 15 heavy (non-hydrogen) atoms. The highest BCUT2D eigenvalue weighted by molar-refractivity contribution is 5.78. The van der Waals surface area contributed by atoms with Crippen LogP contribution in [-0.4, -0.2) is 4.98 Å². The highest BCUT2D eigenvalue weighted by Crippen LogP contribution is 2.12. The van der Waals surface area contributed by atoms with Crippen LogP contribution in [-0.2, 0) is 6.42 Å². The lowest BCUT2D eigenvalue weighted by atomic mass is 10.1. The second kappa shape index (κ2) is 4.56. The van der Waals surface area contributed by atoms with Gasteiger partial charge in [0.25, 0.3) is 0 Å². The van der Waals surface area contributed by atoms with Crippen LogP contribution in [0, 0.1) is 11.3 Å². The number of fused-ring (bicyclic) bond motifs is 1. The molecule has 0 aliphatic carbocycles. The molecule has 1 aromatic carbocycles. The number of nitrogens with zero attached hydrogens (tertiary/aromatic N) is 2. The van der Waals surface area contributed by atoms with E-state index in [9.17, 15) is 0 Å². The lowest BCUT2D eigenvalue weighted by molar-refractivity contribution is 0.829. The van der Waals surface area contributed by atoms with Crippen LogP contribution in [0.1, 0.15) is 18.5 Å². The summed E-state index contributed by atoms with van der Waals surface area (Å²) in [6, 6.07) is 14.4. The molecule has 0 aliphatic heterocycles. The topological polar surface area (TPSA) is 36.7 Å². The van der Waals surface area contributed by atoms with Gasteiger partial charge in [0.1, 0.15) is 0 Å². The summed E-state index contributed by atoms with van der Waals surface area (Å²) in [5.41, 5.74) is 2.11. The summed E-state index contributed by atoms with van der Waals surface area (Å²) < 4.78 is 0. The van der Waals surface area contributed by atoms with Gasteiger partial charge >= 0.3 is 0 Å². The number of benzene rings is 1. The van der Waals surface area contributed by atoms with Crippen molar-refractivity contribution in [1.82, 2.24) is 4.98 Å². The number of hydrogen-bond acceptors (Lipinski definition) is 2. The average Bonchev–Trinajstić information content (AvgIpc) is 2.29. The molecule has 0 unspecified atom stereocenters. The summed E-state index contributed by atoms with van der Waals surface area (Å²) in [5.74, 6) is 0. The summed E-state index contributed by atoms with van der Waals surface area (Å²) in [4.78, 5) is 4.54. The molecule has 0 saturated carbocycles. The number of nitriles is 1. The maximum atomic E-state index is 8.45. The molecular weight excluding hydrogens is 184 g/mol. The van der Waals surface area contributed by atoms with Crippen LogP contribution in [0.2, 0.25) is 0 Å². The predicted molar refractivity (Wildman–Crippen MR) is 60.3 cm³/mol. The van der Waals surface area contributed by atoms with Gasteiger partial charge in [-0.3, -0.25) is 4.98 Å². The summed E-state index contributed by atoms with van der Waals surface area (Å²) in [7, 11) is 0. The van der Waals surface area contributed by atoms with E-state index in [1.165, 1.54) is 5.39 Å². The maximum absolute atomic E-state index is 8.45. The number of rotatable bonds is 3. The third-order valence-corrected chi connectivity index (χ3v) is 2.38. The van der Waals surface area contributed by atoms with E-state index in [0.29, 0.717) is 6.42 Å². The monoisotopic (exact) mass is 196 g/mol. The maximum Gasteiger partial charge on any atom is 0.0705 e. The van der Waals surface area contributed by atoms with Gasteiger partial charge in [0.2, 0.25) is 0 Å². The second-order valence-electron chi connectivity index (χ2n) is 3.51. The fourth-order valence-corrected chi connectivity index (χ4v) is 1.60. The highest BCUT2D eigenvalue weighted by atomic mass is 14.7. The number of aromatic nitrogens is 1. The standard InChI is InChI=1S/C13H12N2/c14-10-4-3-6-12-9-8-11-5-1-2-7-13(11)15-12/h1-2,5,7-9H,3-4,6H2. The fourth-order valence-electron chi connectivity index (χ4n) is 1.60. The van der Waals surface area contributed by atoms with Crippen molar-refractivity contribution in [2.45, 2.75) is 19.3 Å². The molecule has 0 fully saturated rings. The fraction of sp³-hybridized carbons (Fsp3) is 0.231. The molecular formula is C13H12N2. The first-order valence-electron chi connectivity index (χ1n) is 5.12. The van der Waals surface area contributed by atoms with Crippen LogP contribution in [0.15, 0.2) is 36.4 Å². The molecule has 0 spiro atoms. The van der Waals surface area contributed by atoms with Crippen LogP contribution >= 0.6 is 0 Å². The van der Waals surface area contributed by atoms with Gasteiger partial charge in [-0.1, -0.05) is 24.3 Å². The van der Waals surface area contributed by atoms with Crippen molar-refractivity contribution in [2.75, 3.05) is 0 Å². The van der Waals surface area contributed by atoms with Gasteiger partial charge in [-0.25, -0.2) is 0 Å². The van der Waals surface area contributed by atoms with Gasteiger partial charge in [0.15, 0.2) is 0 Å². The Hall–Kier alpha value is -1.88. The van der Waals surface area contributed by atoms with Gasteiger partial charge in [-0.05, 0) is 25.0 Å². The van der Waals surface area contributed by atoms with Gasteiger partial charge in [0, 0.05) is 17.5 Å². The Morgan fingerprint density at radius 2 is 2.00 bits per heavy atom. The SMILES string of the molecule is N#CCCCc1ccc2ccccc2n1. The van der Waals surface area contributed by atoms with Crippen molar-refractivity contribution in [3.8, 4) is 6.07 Å². The molecule has 0 N–H and O–H groups in total. The Kier molecular flexibility index (Phi) is 2.94. The van der Waals surface area contributed by atoms with Crippen molar-refractivity contribution in [1.29, 1.82) is 5.26 Å². The second-order valence-corrected chi connectivity index (χ2v) is 3.51. The molecule has 2 aromatic rings. The normalized spacial score (nSPS) is 10.1. The summed E-state index contributed by atoms with van der Waals surface area (Å²) in [5, 5.41) is 9.61. The molecule has 1 heterocycles. The van der Waals surface area contributed by atoms with Gasteiger partial charge < -0.3 is 0 Å². The number of pyridine rings is 1. The van der Waals surface area contributed by atoms with Crippen LogP contribution in [0.25, 0.3) is 10.9 Å². The molecule has 0 saturated heterocycles. The lowest BCUT2D eigenvalue weighted by Crippen LogP contribution is -1.90. The number of hydrogen-bond donors (Lipinski definition) is 0. The number of para-hydroxylation sites is 1. The molecule has 0 aliphatic rings. The zero-order valence-electron chi connectivity index (χ0n) is 8.48. The minimum absolute atomic E-state index is 0.606. The molecule has 0 amide bonds. The molecule has 2 rings (SSSR count). The van der Waals surface area contributed by atoms with E-state index >= 15 is 0 Å². The first-order chi connectivity index (χ1) is 7.40. The van der Waals surface area contributed by atoms with Crippen molar-refractivity contribution >= 4 is 10.9 Å². The Bertz CT molecular complexity index is 497. The van der Waals surface area contributed by atoms with E-state index < -0.39 is 0 Å². The van der Waals surface area contributed by atoms with E-state index in [2.05, 4.69) is 23.2 Å². The Labute approximate surface area is 89.2 Å². The summed E-state index contributed by atoms with van der Waals surface area (Å²) in [6.45, 7) is 0. The first-order valence-corrected chi connectivity index (χ1v) is 5.12. The van der Waals surface area contributed by atoms with Crippen molar-refractivity contribution in [3.05, 3.63) is 42.1 Å².